The Labute approximate surface area is 123 Å². The van der Waals surface area contributed by atoms with Gasteiger partial charge in [0.15, 0.2) is 17.3 Å². The molecule has 2 aromatic rings. The van der Waals surface area contributed by atoms with Gasteiger partial charge in [-0.15, -0.1) is 0 Å². The monoisotopic (exact) mass is 288 g/mol. The van der Waals surface area contributed by atoms with Gasteiger partial charge in [0.2, 0.25) is 0 Å². The Bertz CT molecular complexity index is 638. The lowest BCUT2D eigenvalue weighted by Gasteiger charge is -2.11. The number of hydrogen-bond acceptors (Lipinski definition) is 3. The van der Waals surface area contributed by atoms with Crippen LogP contribution in [0.15, 0.2) is 42.5 Å². The molecule has 0 saturated carbocycles. The lowest BCUT2D eigenvalue weighted by Crippen LogP contribution is -2.11. The van der Waals surface area contributed by atoms with Gasteiger partial charge in [-0.3, -0.25) is 4.79 Å². The minimum atomic E-state index is -0.360. The van der Waals surface area contributed by atoms with E-state index in [9.17, 15) is 9.18 Å². The Kier molecular flexibility index (Phi) is 4.93. The van der Waals surface area contributed by atoms with Gasteiger partial charge in [0.25, 0.3) is 0 Å². The molecular weight excluding hydrogens is 271 g/mol. The Morgan fingerprint density at radius 3 is 2.33 bits per heavy atom. The fourth-order valence-electron chi connectivity index (χ4n) is 1.92. The van der Waals surface area contributed by atoms with Crippen molar-refractivity contribution in [3.05, 3.63) is 59.4 Å². The van der Waals surface area contributed by atoms with Crippen molar-refractivity contribution in [1.82, 2.24) is 0 Å². The smallest absolute Gasteiger partial charge is 0.167 e. The molecule has 0 fully saturated rings. The maximum absolute atomic E-state index is 13.7. The van der Waals surface area contributed by atoms with Crippen LogP contribution in [0.2, 0.25) is 0 Å². The lowest BCUT2D eigenvalue weighted by atomic mass is 10.1. The molecule has 2 rings (SSSR count). The highest BCUT2D eigenvalue weighted by Gasteiger charge is 2.08. The third-order valence-electron chi connectivity index (χ3n) is 3.02. The third-order valence-corrected chi connectivity index (χ3v) is 3.02. The number of rotatable bonds is 6. The third kappa shape index (κ3) is 3.81. The van der Waals surface area contributed by atoms with Crippen molar-refractivity contribution in [2.45, 2.75) is 13.8 Å². The molecule has 3 nitrogen and oxygen atoms in total. The molecule has 0 spiro atoms. The molecule has 0 saturated heterocycles. The predicted molar refractivity (Wildman–Crippen MR) is 78.6 cm³/mol. The van der Waals surface area contributed by atoms with Gasteiger partial charge in [0.05, 0.1) is 5.56 Å². The molecule has 4 heteroatoms. The number of Topliss-reactive ketones (excluding diaryl/α,β-unsaturated/α-hetero) is 1. The van der Waals surface area contributed by atoms with Crippen LogP contribution >= 0.6 is 0 Å². The van der Waals surface area contributed by atoms with Crippen LogP contribution in [-0.2, 0) is 0 Å². The molecule has 0 aliphatic heterocycles. The number of ether oxygens (including phenoxy) is 2. The number of ketones is 1. The lowest BCUT2D eigenvalue weighted by molar-refractivity contribution is 0.101. The van der Waals surface area contributed by atoms with Crippen molar-refractivity contribution in [2.75, 3.05) is 13.2 Å². The summed E-state index contributed by atoms with van der Waals surface area (Å²) in [6, 6.07) is 12.0. The van der Waals surface area contributed by atoms with Crippen molar-refractivity contribution in [2.24, 2.45) is 0 Å². The highest BCUT2D eigenvalue weighted by Crippen LogP contribution is 2.20. The maximum Gasteiger partial charge on any atom is 0.167 e. The second-order valence-corrected chi connectivity index (χ2v) is 4.64. The summed E-state index contributed by atoms with van der Waals surface area (Å²) in [5, 5.41) is 0. The number of carbonyl (C=O) groups excluding carboxylic acids is 1. The number of aryl methyl sites for hydroxylation is 1. The van der Waals surface area contributed by atoms with Gasteiger partial charge < -0.3 is 9.47 Å². The van der Waals surface area contributed by atoms with Crippen LogP contribution in [0.3, 0.4) is 0 Å². The fourth-order valence-corrected chi connectivity index (χ4v) is 1.92. The highest BCUT2D eigenvalue weighted by atomic mass is 19.1. The van der Waals surface area contributed by atoms with Crippen molar-refractivity contribution in [1.29, 1.82) is 0 Å². The molecule has 0 aliphatic rings. The Balaban J connectivity index is 1.91. The van der Waals surface area contributed by atoms with E-state index in [2.05, 4.69) is 0 Å². The van der Waals surface area contributed by atoms with E-state index in [0.717, 1.165) is 0 Å². The minimum Gasteiger partial charge on any atom is -0.489 e. The van der Waals surface area contributed by atoms with Gasteiger partial charge in [0.1, 0.15) is 19.0 Å². The quantitative estimate of drug-likeness (QED) is 0.599. The van der Waals surface area contributed by atoms with E-state index in [-0.39, 0.29) is 30.6 Å². The number of benzene rings is 2. The van der Waals surface area contributed by atoms with Crippen LogP contribution in [0.25, 0.3) is 0 Å². The molecule has 0 radical (unpaired) electrons. The molecule has 0 bridgehead atoms. The molecule has 21 heavy (non-hydrogen) atoms. The van der Waals surface area contributed by atoms with Crippen LogP contribution in [0, 0.1) is 12.7 Å². The van der Waals surface area contributed by atoms with E-state index in [1.807, 2.05) is 0 Å². The number of carbonyl (C=O) groups is 1. The average molecular weight is 288 g/mol. The van der Waals surface area contributed by atoms with Gasteiger partial charge in [-0.25, -0.2) is 4.39 Å². The summed E-state index contributed by atoms with van der Waals surface area (Å²) in [4.78, 5) is 11.4. The van der Waals surface area contributed by atoms with Gasteiger partial charge in [-0.1, -0.05) is 24.3 Å². The first kappa shape index (κ1) is 15.0. The number of hydrogen-bond donors (Lipinski definition) is 0. The van der Waals surface area contributed by atoms with Crippen LogP contribution in [-0.4, -0.2) is 19.0 Å². The first-order chi connectivity index (χ1) is 10.1. The molecule has 0 atom stereocenters. The predicted octanol–water partition coefficient (Wildman–Crippen LogP) is 3.79. The van der Waals surface area contributed by atoms with Crippen molar-refractivity contribution in [3.63, 3.8) is 0 Å². The SMILES string of the molecule is CC(=O)c1ccccc1OCCOc1cccc(C)c1F. The molecule has 0 amide bonds. The van der Waals surface area contributed by atoms with E-state index < -0.39 is 0 Å². The zero-order valence-corrected chi connectivity index (χ0v) is 12.1. The molecule has 0 aromatic heterocycles. The molecule has 110 valence electrons. The standard InChI is InChI=1S/C17H17FO3/c1-12-6-5-9-16(17(12)18)21-11-10-20-15-8-4-3-7-14(15)13(2)19/h3-9H,10-11H2,1-2H3. The van der Waals surface area contributed by atoms with Crippen LogP contribution in [0.1, 0.15) is 22.8 Å². The van der Waals surface area contributed by atoms with Crippen LogP contribution in [0.4, 0.5) is 4.39 Å². The summed E-state index contributed by atoms with van der Waals surface area (Å²) in [5.74, 6) is 0.301. The van der Waals surface area contributed by atoms with E-state index in [4.69, 9.17) is 9.47 Å². The zero-order valence-electron chi connectivity index (χ0n) is 12.1. The second kappa shape index (κ2) is 6.88. The topological polar surface area (TPSA) is 35.5 Å². The van der Waals surface area contributed by atoms with E-state index in [1.54, 1.807) is 49.4 Å². The molecule has 0 unspecified atom stereocenters. The second-order valence-electron chi connectivity index (χ2n) is 4.64. The average Bonchev–Trinajstić information content (AvgIpc) is 2.48. The Morgan fingerprint density at radius 1 is 1.00 bits per heavy atom. The zero-order chi connectivity index (χ0) is 15.2. The highest BCUT2D eigenvalue weighted by molar-refractivity contribution is 5.96. The summed E-state index contributed by atoms with van der Waals surface area (Å²) in [7, 11) is 0. The summed E-state index contributed by atoms with van der Waals surface area (Å²) in [6.07, 6.45) is 0. The fraction of sp³-hybridized carbons (Fsp3) is 0.235. The maximum atomic E-state index is 13.7. The van der Waals surface area contributed by atoms with E-state index in [0.29, 0.717) is 16.9 Å². The van der Waals surface area contributed by atoms with E-state index in [1.165, 1.54) is 6.92 Å². The normalized spacial score (nSPS) is 10.2. The summed E-state index contributed by atoms with van der Waals surface area (Å²) < 4.78 is 24.6. The van der Waals surface area contributed by atoms with Gasteiger partial charge >= 0.3 is 0 Å². The molecule has 2 aromatic carbocycles. The number of halogens is 1. The number of para-hydroxylation sites is 1. The van der Waals surface area contributed by atoms with Crippen molar-refractivity contribution >= 4 is 5.78 Å². The molecular formula is C17H17FO3. The molecule has 0 aliphatic carbocycles. The first-order valence-electron chi connectivity index (χ1n) is 6.70. The Morgan fingerprint density at radius 2 is 1.62 bits per heavy atom. The summed E-state index contributed by atoms with van der Waals surface area (Å²) in [5.41, 5.74) is 1.06. The Hall–Kier alpha value is -2.36. The van der Waals surface area contributed by atoms with Gasteiger partial charge in [0, 0.05) is 0 Å². The van der Waals surface area contributed by atoms with Gasteiger partial charge in [-0.2, -0.15) is 0 Å². The first-order valence-corrected chi connectivity index (χ1v) is 6.70. The largest absolute Gasteiger partial charge is 0.489 e. The van der Waals surface area contributed by atoms with Crippen molar-refractivity contribution < 1.29 is 18.7 Å². The minimum absolute atomic E-state index is 0.0590. The summed E-state index contributed by atoms with van der Waals surface area (Å²) >= 11 is 0. The van der Waals surface area contributed by atoms with Crippen LogP contribution < -0.4 is 9.47 Å². The van der Waals surface area contributed by atoms with E-state index >= 15 is 0 Å². The molecule has 0 heterocycles. The molecule has 0 N–H and O–H groups in total. The van der Waals surface area contributed by atoms with Gasteiger partial charge in [-0.05, 0) is 37.6 Å². The van der Waals surface area contributed by atoms with Crippen LogP contribution in [0.5, 0.6) is 11.5 Å². The van der Waals surface area contributed by atoms with Crippen molar-refractivity contribution in [3.8, 4) is 11.5 Å². The summed E-state index contributed by atoms with van der Waals surface area (Å²) in [6.45, 7) is 3.60.